The molecule has 0 radical (unpaired) electrons. The molecule has 1 saturated heterocycles. The summed E-state index contributed by atoms with van der Waals surface area (Å²) in [7, 11) is 0. The Morgan fingerprint density at radius 3 is 2.76 bits per heavy atom. The molecule has 1 amide bonds. The standard InChI is InChI=1S/C15H20ClNO3S/c16-12-3-5-13(6-4-12)21-11-8-17(7-9-18)15(19)14-2-1-10-20-14/h3-6,14,18H,1-2,7-11H2. The minimum atomic E-state index is -0.322. The number of hydrogen-bond acceptors (Lipinski definition) is 4. The zero-order valence-electron chi connectivity index (χ0n) is 11.8. The molecule has 0 bridgehead atoms. The van der Waals surface area contributed by atoms with Crippen LogP contribution in [0.3, 0.4) is 0 Å². The van der Waals surface area contributed by atoms with Crippen LogP contribution in [0.25, 0.3) is 0 Å². The van der Waals surface area contributed by atoms with Gasteiger partial charge >= 0.3 is 0 Å². The first kappa shape index (κ1) is 16.6. The fourth-order valence-corrected chi connectivity index (χ4v) is 3.24. The van der Waals surface area contributed by atoms with Crippen LogP contribution >= 0.6 is 23.4 Å². The molecule has 0 aromatic heterocycles. The zero-order chi connectivity index (χ0) is 15.1. The predicted molar refractivity (Wildman–Crippen MR) is 84.8 cm³/mol. The molecule has 1 fully saturated rings. The number of aliphatic hydroxyl groups is 1. The molecule has 1 atom stereocenters. The van der Waals surface area contributed by atoms with Gasteiger partial charge < -0.3 is 14.7 Å². The summed E-state index contributed by atoms with van der Waals surface area (Å²) in [5.74, 6) is 0.776. The molecule has 1 heterocycles. The smallest absolute Gasteiger partial charge is 0.251 e. The third-order valence-electron chi connectivity index (χ3n) is 3.33. The fraction of sp³-hybridized carbons (Fsp3) is 0.533. The summed E-state index contributed by atoms with van der Waals surface area (Å²) in [6, 6.07) is 7.64. The van der Waals surface area contributed by atoms with Crippen molar-refractivity contribution in [2.75, 3.05) is 32.1 Å². The third-order valence-corrected chi connectivity index (χ3v) is 4.57. The second-order valence-electron chi connectivity index (χ2n) is 4.85. The molecule has 2 rings (SSSR count). The average Bonchev–Trinajstić information content (AvgIpc) is 3.02. The van der Waals surface area contributed by atoms with Crippen molar-refractivity contribution in [3.63, 3.8) is 0 Å². The Balaban J connectivity index is 1.81. The Kier molecular flexibility index (Phi) is 6.83. The minimum Gasteiger partial charge on any atom is -0.395 e. The first-order valence-corrected chi connectivity index (χ1v) is 8.46. The molecule has 1 aliphatic rings. The number of amides is 1. The summed E-state index contributed by atoms with van der Waals surface area (Å²) in [5, 5.41) is 9.84. The van der Waals surface area contributed by atoms with Crippen molar-refractivity contribution in [1.82, 2.24) is 4.90 Å². The van der Waals surface area contributed by atoms with Gasteiger partial charge in [-0.2, -0.15) is 0 Å². The quantitative estimate of drug-likeness (QED) is 0.781. The lowest BCUT2D eigenvalue weighted by Crippen LogP contribution is -2.41. The normalized spacial score (nSPS) is 17.9. The van der Waals surface area contributed by atoms with E-state index in [4.69, 9.17) is 21.4 Å². The van der Waals surface area contributed by atoms with Gasteiger partial charge in [-0.3, -0.25) is 4.79 Å². The van der Waals surface area contributed by atoms with E-state index in [0.29, 0.717) is 19.7 Å². The number of nitrogens with zero attached hydrogens (tertiary/aromatic N) is 1. The number of thioether (sulfide) groups is 1. The molecule has 1 aliphatic heterocycles. The van der Waals surface area contributed by atoms with Crippen molar-refractivity contribution in [2.45, 2.75) is 23.8 Å². The molecule has 1 aromatic carbocycles. The number of benzene rings is 1. The Labute approximate surface area is 134 Å². The molecule has 1 N–H and O–H groups in total. The van der Waals surface area contributed by atoms with Crippen LogP contribution in [0.15, 0.2) is 29.2 Å². The van der Waals surface area contributed by atoms with E-state index < -0.39 is 0 Å². The Morgan fingerprint density at radius 2 is 2.14 bits per heavy atom. The highest BCUT2D eigenvalue weighted by atomic mass is 35.5. The number of halogens is 1. The van der Waals surface area contributed by atoms with E-state index in [0.717, 1.165) is 28.5 Å². The summed E-state index contributed by atoms with van der Waals surface area (Å²) in [6.45, 7) is 1.60. The van der Waals surface area contributed by atoms with Crippen LogP contribution in [-0.4, -0.2) is 54.1 Å². The SMILES string of the molecule is O=C(C1CCCO1)N(CCO)CCSc1ccc(Cl)cc1. The number of rotatable bonds is 7. The molecule has 0 spiro atoms. The van der Waals surface area contributed by atoms with Gasteiger partial charge in [0.25, 0.3) is 5.91 Å². The summed E-state index contributed by atoms with van der Waals surface area (Å²) >= 11 is 7.52. The molecular formula is C15H20ClNO3S. The second-order valence-corrected chi connectivity index (χ2v) is 6.46. The molecule has 0 saturated carbocycles. The molecule has 116 valence electrons. The number of carbonyl (C=O) groups is 1. The van der Waals surface area contributed by atoms with Crippen molar-refractivity contribution in [3.8, 4) is 0 Å². The highest BCUT2D eigenvalue weighted by Gasteiger charge is 2.27. The van der Waals surface area contributed by atoms with Crippen LogP contribution in [0.4, 0.5) is 0 Å². The summed E-state index contributed by atoms with van der Waals surface area (Å²) in [4.78, 5) is 15.1. The van der Waals surface area contributed by atoms with Gasteiger partial charge in [-0.25, -0.2) is 0 Å². The fourth-order valence-electron chi connectivity index (χ4n) is 2.23. The molecule has 4 nitrogen and oxygen atoms in total. The summed E-state index contributed by atoms with van der Waals surface area (Å²) in [6.07, 6.45) is 1.39. The Hall–Kier alpha value is -0.750. The predicted octanol–water partition coefficient (Wildman–Crippen LogP) is 2.43. The minimum absolute atomic E-state index is 0.00161. The van der Waals surface area contributed by atoms with E-state index >= 15 is 0 Å². The highest BCUT2D eigenvalue weighted by Crippen LogP contribution is 2.21. The van der Waals surface area contributed by atoms with Gasteiger partial charge in [-0.1, -0.05) is 11.6 Å². The van der Waals surface area contributed by atoms with Crippen LogP contribution in [-0.2, 0) is 9.53 Å². The number of hydrogen-bond donors (Lipinski definition) is 1. The molecule has 1 aromatic rings. The van der Waals surface area contributed by atoms with Crippen molar-refractivity contribution in [3.05, 3.63) is 29.3 Å². The lowest BCUT2D eigenvalue weighted by atomic mass is 10.2. The van der Waals surface area contributed by atoms with E-state index in [1.807, 2.05) is 24.3 Å². The van der Waals surface area contributed by atoms with Gasteiger partial charge in [-0.15, -0.1) is 11.8 Å². The second kappa shape index (κ2) is 8.63. The lowest BCUT2D eigenvalue weighted by molar-refractivity contribution is -0.141. The van der Waals surface area contributed by atoms with Crippen LogP contribution in [0.2, 0.25) is 5.02 Å². The Morgan fingerprint density at radius 1 is 1.38 bits per heavy atom. The van der Waals surface area contributed by atoms with E-state index in [2.05, 4.69) is 0 Å². The maximum atomic E-state index is 12.3. The Bertz CT molecular complexity index is 449. The maximum absolute atomic E-state index is 12.3. The first-order chi connectivity index (χ1) is 10.2. The number of aliphatic hydroxyl groups excluding tert-OH is 1. The molecule has 0 aliphatic carbocycles. The van der Waals surface area contributed by atoms with Crippen LogP contribution in [0.5, 0.6) is 0 Å². The number of carbonyl (C=O) groups excluding carboxylic acids is 1. The van der Waals surface area contributed by atoms with Gasteiger partial charge in [-0.05, 0) is 37.1 Å². The molecule has 1 unspecified atom stereocenters. The maximum Gasteiger partial charge on any atom is 0.251 e. The largest absolute Gasteiger partial charge is 0.395 e. The van der Waals surface area contributed by atoms with Crippen molar-refractivity contribution < 1.29 is 14.6 Å². The van der Waals surface area contributed by atoms with Gasteiger partial charge in [0.1, 0.15) is 6.10 Å². The average molecular weight is 330 g/mol. The van der Waals surface area contributed by atoms with Gasteiger partial charge in [0, 0.05) is 35.4 Å². The summed E-state index contributed by atoms with van der Waals surface area (Å²) in [5.41, 5.74) is 0. The monoisotopic (exact) mass is 329 g/mol. The van der Waals surface area contributed by atoms with Crippen LogP contribution in [0, 0.1) is 0 Å². The van der Waals surface area contributed by atoms with E-state index in [1.54, 1.807) is 16.7 Å². The highest BCUT2D eigenvalue weighted by molar-refractivity contribution is 7.99. The van der Waals surface area contributed by atoms with Gasteiger partial charge in [0.05, 0.1) is 6.61 Å². The van der Waals surface area contributed by atoms with Crippen LogP contribution < -0.4 is 0 Å². The van der Waals surface area contributed by atoms with Crippen molar-refractivity contribution in [2.24, 2.45) is 0 Å². The van der Waals surface area contributed by atoms with E-state index in [1.165, 1.54) is 0 Å². The van der Waals surface area contributed by atoms with Crippen molar-refractivity contribution in [1.29, 1.82) is 0 Å². The molecule has 6 heteroatoms. The van der Waals surface area contributed by atoms with E-state index in [-0.39, 0.29) is 18.6 Å². The van der Waals surface area contributed by atoms with Gasteiger partial charge in [0.2, 0.25) is 0 Å². The zero-order valence-corrected chi connectivity index (χ0v) is 13.4. The first-order valence-electron chi connectivity index (χ1n) is 7.10. The topological polar surface area (TPSA) is 49.8 Å². The van der Waals surface area contributed by atoms with Crippen molar-refractivity contribution >= 4 is 29.3 Å². The van der Waals surface area contributed by atoms with Gasteiger partial charge in [0.15, 0.2) is 0 Å². The third kappa shape index (κ3) is 5.18. The molecular weight excluding hydrogens is 310 g/mol. The number of ether oxygens (including phenoxy) is 1. The molecule has 21 heavy (non-hydrogen) atoms. The van der Waals surface area contributed by atoms with E-state index in [9.17, 15) is 4.79 Å². The lowest BCUT2D eigenvalue weighted by Gasteiger charge is -2.24. The van der Waals surface area contributed by atoms with Crippen LogP contribution in [0.1, 0.15) is 12.8 Å². The summed E-state index contributed by atoms with van der Waals surface area (Å²) < 4.78 is 5.43.